The van der Waals surface area contributed by atoms with Gasteiger partial charge in [-0.2, -0.15) is 0 Å². The van der Waals surface area contributed by atoms with Crippen LogP contribution in [0.1, 0.15) is 20.3 Å². The van der Waals surface area contributed by atoms with Gasteiger partial charge in [0.2, 0.25) is 0 Å². The van der Waals surface area contributed by atoms with Crippen LogP contribution in [0.25, 0.3) is 0 Å². The summed E-state index contributed by atoms with van der Waals surface area (Å²) in [6.45, 7) is 4.76. The van der Waals surface area contributed by atoms with Crippen LogP contribution >= 0.6 is 0 Å². The van der Waals surface area contributed by atoms with Gasteiger partial charge in [0.05, 0.1) is 13.2 Å². The van der Waals surface area contributed by atoms with Crippen molar-refractivity contribution in [3.63, 3.8) is 0 Å². The lowest BCUT2D eigenvalue weighted by molar-refractivity contribution is -0.301. The molecule has 1 aliphatic heterocycles. The van der Waals surface area contributed by atoms with E-state index >= 15 is 0 Å². The van der Waals surface area contributed by atoms with E-state index in [-0.39, 0.29) is 0 Å². The molecule has 1 fully saturated rings. The summed E-state index contributed by atoms with van der Waals surface area (Å²) >= 11 is 0. The summed E-state index contributed by atoms with van der Waals surface area (Å²) in [7, 11) is 0. The van der Waals surface area contributed by atoms with Crippen LogP contribution in [-0.4, -0.2) is 76.9 Å². The summed E-state index contributed by atoms with van der Waals surface area (Å²) in [5.41, 5.74) is 0. The largest absolute Gasteiger partial charge is 0.394 e. The zero-order valence-corrected chi connectivity index (χ0v) is 11.4. The molecule has 0 bridgehead atoms. The topological polar surface area (TPSA) is 111 Å². The second-order valence-corrected chi connectivity index (χ2v) is 5.03. The predicted octanol–water partition coefficient (Wildman–Crippen LogP) is -1.81. The molecule has 0 aliphatic carbocycles. The molecule has 0 aromatic heterocycles. The van der Waals surface area contributed by atoms with Crippen LogP contribution in [0.5, 0.6) is 0 Å². The highest BCUT2D eigenvalue weighted by molar-refractivity contribution is 4.88. The predicted molar refractivity (Wildman–Crippen MR) is 67.5 cm³/mol. The number of hydrogen-bond donors (Lipinski definition) is 5. The standard InChI is InChI=1S/C12H25NO6/c1-7(2)13-4-3-5-18-12-11(17)10(16)9(15)8(6-14)19-12/h7-17H,3-6H2,1-2H3/t8?,9-,10+,11+,12?/m1/s1. The third-order valence-corrected chi connectivity index (χ3v) is 3.00. The van der Waals surface area contributed by atoms with Gasteiger partial charge in [-0.15, -0.1) is 0 Å². The van der Waals surface area contributed by atoms with Crippen LogP contribution < -0.4 is 5.32 Å². The van der Waals surface area contributed by atoms with E-state index < -0.39 is 37.3 Å². The van der Waals surface area contributed by atoms with Crippen molar-refractivity contribution in [1.29, 1.82) is 0 Å². The van der Waals surface area contributed by atoms with Crippen LogP contribution in [-0.2, 0) is 9.47 Å². The van der Waals surface area contributed by atoms with E-state index in [9.17, 15) is 15.3 Å². The molecule has 114 valence electrons. The lowest BCUT2D eigenvalue weighted by Gasteiger charge is -2.39. The number of aliphatic hydroxyl groups excluding tert-OH is 4. The number of hydrogen-bond acceptors (Lipinski definition) is 7. The Morgan fingerprint density at radius 2 is 1.84 bits per heavy atom. The minimum absolute atomic E-state index is 0.350. The van der Waals surface area contributed by atoms with Crippen molar-refractivity contribution in [2.75, 3.05) is 19.8 Å². The molecular formula is C12H25NO6. The Morgan fingerprint density at radius 3 is 2.42 bits per heavy atom. The van der Waals surface area contributed by atoms with Gasteiger partial charge in [0, 0.05) is 6.04 Å². The van der Waals surface area contributed by atoms with E-state index in [2.05, 4.69) is 5.32 Å². The highest BCUT2D eigenvalue weighted by atomic mass is 16.7. The molecule has 1 rings (SSSR count). The average molecular weight is 279 g/mol. The van der Waals surface area contributed by atoms with Gasteiger partial charge in [-0.25, -0.2) is 0 Å². The Labute approximate surface area is 113 Å². The Hall–Kier alpha value is -0.280. The van der Waals surface area contributed by atoms with Crippen molar-refractivity contribution in [1.82, 2.24) is 5.32 Å². The van der Waals surface area contributed by atoms with Crippen LogP contribution in [0.2, 0.25) is 0 Å². The minimum Gasteiger partial charge on any atom is -0.394 e. The van der Waals surface area contributed by atoms with E-state index in [0.717, 1.165) is 13.0 Å². The Balaban J connectivity index is 2.32. The minimum atomic E-state index is -1.38. The van der Waals surface area contributed by atoms with Crippen molar-refractivity contribution in [2.45, 2.75) is 57.0 Å². The van der Waals surface area contributed by atoms with Crippen LogP contribution in [0.15, 0.2) is 0 Å². The molecule has 0 saturated carbocycles. The third kappa shape index (κ3) is 4.96. The van der Waals surface area contributed by atoms with E-state index in [1.54, 1.807) is 0 Å². The van der Waals surface area contributed by atoms with E-state index in [0.29, 0.717) is 12.6 Å². The van der Waals surface area contributed by atoms with Gasteiger partial charge in [0.25, 0.3) is 0 Å². The summed E-state index contributed by atoms with van der Waals surface area (Å²) in [5.74, 6) is 0. The summed E-state index contributed by atoms with van der Waals surface area (Å²) in [6, 6.07) is 0.396. The molecule has 0 amide bonds. The highest BCUT2D eigenvalue weighted by Gasteiger charge is 2.43. The maximum Gasteiger partial charge on any atom is 0.186 e. The molecule has 0 aromatic rings. The first kappa shape index (κ1) is 16.8. The molecule has 2 unspecified atom stereocenters. The first-order valence-electron chi connectivity index (χ1n) is 6.63. The quantitative estimate of drug-likeness (QED) is 0.349. The molecule has 1 aliphatic rings. The Bertz CT molecular complexity index is 250. The molecule has 1 saturated heterocycles. The smallest absolute Gasteiger partial charge is 0.186 e. The van der Waals surface area contributed by atoms with E-state index in [4.69, 9.17) is 14.6 Å². The summed E-state index contributed by atoms with van der Waals surface area (Å²) in [4.78, 5) is 0. The molecule has 0 spiro atoms. The number of rotatable bonds is 7. The maximum atomic E-state index is 9.71. The molecule has 0 radical (unpaired) electrons. The van der Waals surface area contributed by atoms with Gasteiger partial charge >= 0.3 is 0 Å². The average Bonchev–Trinajstić information content (AvgIpc) is 2.37. The van der Waals surface area contributed by atoms with Crippen LogP contribution in [0.4, 0.5) is 0 Å². The van der Waals surface area contributed by atoms with E-state index in [1.807, 2.05) is 13.8 Å². The van der Waals surface area contributed by atoms with Crippen LogP contribution in [0.3, 0.4) is 0 Å². The highest BCUT2D eigenvalue weighted by Crippen LogP contribution is 2.21. The zero-order chi connectivity index (χ0) is 14.4. The Morgan fingerprint density at radius 1 is 1.16 bits per heavy atom. The monoisotopic (exact) mass is 279 g/mol. The van der Waals surface area contributed by atoms with Gasteiger partial charge in [-0.05, 0) is 13.0 Å². The van der Waals surface area contributed by atoms with Crippen molar-refractivity contribution >= 4 is 0 Å². The van der Waals surface area contributed by atoms with E-state index in [1.165, 1.54) is 0 Å². The first-order chi connectivity index (χ1) is 8.97. The summed E-state index contributed by atoms with van der Waals surface area (Å²) in [5, 5.41) is 41.1. The van der Waals surface area contributed by atoms with Crippen molar-refractivity contribution < 1.29 is 29.9 Å². The summed E-state index contributed by atoms with van der Waals surface area (Å²) < 4.78 is 10.5. The molecule has 5 N–H and O–H groups in total. The lowest BCUT2D eigenvalue weighted by Crippen LogP contribution is -2.59. The molecule has 19 heavy (non-hydrogen) atoms. The van der Waals surface area contributed by atoms with Gasteiger partial charge in [-0.1, -0.05) is 13.8 Å². The fraction of sp³-hybridized carbons (Fsp3) is 1.00. The van der Waals surface area contributed by atoms with Crippen molar-refractivity contribution in [3.05, 3.63) is 0 Å². The fourth-order valence-corrected chi connectivity index (χ4v) is 1.87. The first-order valence-corrected chi connectivity index (χ1v) is 6.63. The molecule has 0 aromatic carbocycles. The molecule has 5 atom stereocenters. The Kier molecular flexibility index (Phi) is 7.16. The normalized spacial score (nSPS) is 35.8. The lowest BCUT2D eigenvalue weighted by atomic mass is 9.99. The second-order valence-electron chi connectivity index (χ2n) is 5.03. The molecule has 1 heterocycles. The van der Waals surface area contributed by atoms with Gasteiger partial charge < -0.3 is 35.2 Å². The molecule has 7 heteroatoms. The van der Waals surface area contributed by atoms with Crippen LogP contribution in [0, 0.1) is 0 Å². The zero-order valence-electron chi connectivity index (χ0n) is 11.4. The van der Waals surface area contributed by atoms with Gasteiger partial charge in [0.15, 0.2) is 6.29 Å². The van der Waals surface area contributed by atoms with Gasteiger partial charge in [0.1, 0.15) is 24.4 Å². The third-order valence-electron chi connectivity index (χ3n) is 3.00. The number of ether oxygens (including phenoxy) is 2. The fourth-order valence-electron chi connectivity index (χ4n) is 1.87. The second kappa shape index (κ2) is 8.11. The van der Waals surface area contributed by atoms with Crippen molar-refractivity contribution in [2.24, 2.45) is 0 Å². The molecular weight excluding hydrogens is 254 g/mol. The molecule has 7 nitrogen and oxygen atoms in total. The SMILES string of the molecule is CC(C)NCCCOC1OC(CO)[C@@H](O)[C@H](O)[C@@H]1O. The van der Waals surface area contributed by atoms with Gasteiger partial charge in [-0.3, -0.25) is 0 Å². The van der Waals surface area contributed by atoms with Crippen molar-refractivity contribution in [3.8, 4) is 0 Å². The maximum absolute atomic E-state index is 9.71. The number of nitrogens with one attached hydrogen (secondary N) is 1. The number of aliphatic hydroxyl groups is 4. The summed E-state index contributed by atoms with van der Waals surface area (Å²) in [6.07, 6.45) is -5.28.